The van der Waals surface area contributed by atoms with E-state index in [1.807, 2.05) is 43.5 Å². The maximum Gasteiger partial charge on any atom is 0.150 e. The van der Waals surface area contributed by atoms with E-state index >= 15 is 0 Å². The number of aldehydes is 1. The number of aromatic nitrogens is 2. The van der Waals surface area contributed by atoms with E-state index in [9.17, 15) is 4.79 Å². The van der Waals surface area contributed by atoms with Gasteiger partial charge in [0, 0.05) is 11.3 Å². The van der Waals surface area contributed by atoms with Crippen molar-refractivity contribution in [2.24, 2.45) is 0 Å². The third kappa shape index (κ3) is 1.65. The lowest BCUT2D eigenvalue weighted by Gasteiger charge is -2.09. The van der Waals surface area contributed by atoms with Crippen molar-refractivity contribution in [2.75, 3.05) is 0 Å². The monoisotopic (exact) mass is 214 g/mol. The average Bonchev–Trinajstić information content (AvgIpc) is 2.61. The molecular formula is C13H14N2O. The Morgan fingerprint density at radius 1 is 1.25 bits per heavy atom. The lowest BCUT2D eigenvalue weighted by molar-refractivity contribution is 0.112. The first kappa shape index (κ1) is 10.6. The summed E-state index contributed by atoms with van der Waals surface area (Å²) in [6.45, 7) is 6.03. The van der Waals surface area contributed by atoms with Crippen LogP contribution in [0.4, 0.5) is 0 Å². The molecule has 0 radical (unpaired) electrons. The number of aryl methyl sites for hydroxylation is 2. The number of benzene rings is 1. The lowest BCUT2D eigenvalue weighted by atomic mass is 10.1. The first-order valence-electron chi connectivity index (χ1n) is 5.20. The van der Waals surface area contributed by atoms with Crippen LogP contribution in [0.1, 0.15) is 27.3 Å². The molecule has 3 nitrogen and oxygen atoms in total. The molecule has 0 spiro atoms. The second-order valence-corrected chi connectivity index (χ2v) is 3.95. The summed E-state index contributed by atoms with van der Waals surface area (Å²) >= 11 is 0. The highest BCUT2D eigenvalue weighted by Gasteiger charge is 2.07. The zero-order chi connectivity index (χ0) is 11.7. The molecule has 82 valence electrons. The van der Waals surface area contributed by atoms with Crippen molar-refractivity contribution in [3.8, 4) is 5.69 Å². The predicted octanol–water partition coefficient (Wildman–Crippen LogP) is 2.61. The van der Waals surface area contributed by atoms with Crippen molar-refractivity contribution in [1.82, 2.24) is 9.55 Å². The number of hydrogen-bond donors (Lipinski definition) is 0. The molecule has 3 heteroatoms. The van der Waals surface area contributed by atoms with Gasteiger partial charge in [0.15, 0.2) is 0 Å². The van der Waals surface area contributed by atoms with Gasteiger partial charge in [0.05, 0.1) is 17.7 Å². The van der Waals surface area contributed by atoms with Crippen LogP contribution in [-0.4, -0.2) is 15.8 Å². The molecule has 0 aliphatic carbocycles. The second kappa shape index (κ2) is 3.93. The van der Waals surface area contributed by atoms with Gasteiger partial charge in [0.1, 0.15) is 6.29 Å². The van der Waals surface area contributed by atoms with Crippen molar-refractivity contribution < 1.29 is 4.79 Å². The maximum absolute atomic E-state index is 10.8. The topological polar surface area (TPSA) is 34.9 Å². The lowest BCUT2D eigenvalue weighted by Crippen LogP contribution is -1.99. The summed E-state index contributed by atoms with van der Waals surface area (Å²) in [6.07, 6.45) is 2.66. The molecule has 2 rings (SSSR count). The Balaban J connectivity index is 2.63. The Bertz CT molecular complexity index is 541. The van der Waals surface area contributed by atoms with Crippen molar-refractivity contribution in [3.05, 3.63) is 47.0 Å². The van der Waals surface area contributed by atoms with Crippen LogP contribution >= 0.6 is 0 Å². The number of carbonyl (C=O) groups is 1. The number of rotatable bonds is 2. The van der Waals surface area contributed by atoms with Gasteiger partial charge in [-0.25, -0.2) is 4.98 Å². The largest absolute Gasteiger partial charge is 0.303 e. The number of hydrogen-bond acceptors (Lipinski definition) is 2. The maximum atomic E-state index is 10.8. The zero-order valence-electron chi connectivity index (χ0n) is 9.69. The van der Waals surface area contributed by atoms with Gasteiger partial charge in [-0.3, -0.25) is 4.79 Å². The first-order valence-corrected chi connectivity index (χ1v) is 5.20. The summed E-state index contributed by atoms with van der Waals surface area (Å²) < 4.78 is 2.01. The van der Waals surface area contributed by atoms with Crippen LogP contribution in [0.2, 0.25) is 0 Å². The van der Waals surface area contributed by atoms with Crippen LogP contribution in [-0.2, 0) is 0 Å². The van der Waals surface area contributed by atoms with Crippen LogP contribution in [0.25, 0.3) is 5.69 Å². The Hall–Kier alpha value is -1.90. The third-order valence-corrected chi connectivity index (χ3v) is 2.88. The summed E-state index contributed by atoms with van der Waals surface area (Å²) in [5, 5.41) is 0. The molecule has 2 aromatic rings. The number of carbonyl (C=O) groups excluding carboxylic acids is 1. The van der Waals surface area contributed by atoms with Gasteiger partial charge in [0.25, 0.3) is 0 Å². The first-order chi connectivity index (χ1) is 7.63. The van der Waals surface area contributed by atoms with Crippen LogP contribution in [0, 0.1) is 20.8 Å². The smallest absolute Gasteiger partial charge is 0.150 e. The summed E-state index contributed by atoms with van der Waals surface area (Å²) in [4.78, 5) is 15.0. The van der Waals surface area contributed by atoms with Crippen LogP contribution in [0.15, 0.2) is 24.5 Å². The predicted molar refractivity (Wildman–Crippen MR) is 63.2 cm³/mol. The van der Waals surface area contributed by atoms with E-state index in [2.05, 4.69) is 4.98 Å². The standard InChI is InChI=1S/C13H14N2O/c1-9-4-5-12(7-16)6-13(9)15-8-14-10(2)11(15)3/h4-8H,1-3H3. The molecule has 1 heterocycles. The molecule has 1 aromatic carbocycles. The Kier molecular flexibility index (Phi) is 2.60. The molecule has 0 fully saturated rings. The molecule has 0 aliphatic rings. The molecular weight excluding hydrogens is 200 g/mol. The van der Waals surface area contributed by atoms with Gasteiger partial charge < -0.3 is 4.57 Å². The Labute approximate surface area is 94.7 Å². The van der Waals surface area contributed by atoms with Crippen molar-refractivity contribution in [3.63, 3.8) is 0 Å². The fourth-order valence-corrected chi connectivity index (χ4v) is 1.70. The minimum atomic E-state index is 0.686. The molecule has 16 heavy (non-hydrogen) atoms. The van der Waals surface area contributed by atoms with Crippen LogP contribution in [0.3, 0.4) is 0 Å². The summed E-state index contributed by atoms with van der Waals surface area (Å²) in [7, 11) is 0. The fourth-order valence-electron chi connectivity index (χ4n) is 1.70. The molecule has 0 saturated heterocycles. The highest BCUT2D eigenvalue weighted by molar-refractivity contribution is 5.76. The number of imidazole rings is 1. The van der Waals surface area contributed by atoms with Crippen molar-refractivity contribution in [2.45, 2.75) is 20.8 Å². The normalized spacial score (nSPS) is 10.4. The van der Waals surface area contributed by atoms with Gasteiger partial charge >= 0.3 is 0 Å². The van der Waals surface area contributed by atoms with Crippen LogP contribution in [0.5, 0.6) is 0 Å². The molecule has 0 unspecified atom stereocenters. The van der Waals surface area contributed by atoms with E-state index in [-0.39, 0.29) is 0 Å². The van der Waals surface area contributed by atoms with E-state index in [1.54, 1.807) is 6.33 Å². The summed E-state index contributed by atoms with van der Waals surface area (Å²) in [5.41, 5.74) is 4.95. The minimum Gasteiger partial charge on any atom is -0.303 e. The molecule has 0 saturated carbocycles. The van der Waals surface area contributed by atoms with Crippen molar-refractivity contribution in [1.29, 1.82) is 0 Å². The molecule has 0 amide bonds. The zero-order valence-corrected chi connectivity index (χ0v) is 9.69. The van der Waals surface area contributed by atoms with Gasteiger partial charge in [-0.2, -0.15) is 0 Å². The molecule has 0 aliphatic heterocycles. The van der Waals surface area contributed by atoms with Crippen LogP contribution < -0.4 is 0 Å². The fraction of sp³-hybridized carbons (Fsp3) is 0.231. The summed E-state index contributed by atoms with van der Waals surface area (Å²) in [5.74, 6) is 0. The highest BCUT2D eigenvalue weighted by Crippen LogP contribution is 2.18. The molecule has 1 aromatic heterocycles. The van der Waals surface area contributed by atoms with Gasteiger partial charge in [-0.15, -0.1) is 0 Å². The van der Waals surface area contributed by atoms with Gasteiger partial charge in [-0.05, 0) is 32.4 Å². The molecule has 0 atom stereocenters. The van der Waals surface area contributed by atoms with E-state index in [0.29, 0.717) is 5.56 Å². The average molecular weight is 214 g/mol. The van der Waals surface area contributed by atoms with Gasteiger partial charge in [0.2, 0.25) is 0 Å². The SMILES string of the molecule is Cc1ccc(C=O)cc1-n1cnc(C)c1C. The van der Waals surface area contributed by atoms with E-state index in [1.165, 1.54) is 0 Å². The van der Waals surface area contributed by atoms with E-state index < -0.39 is 0 Å². The molecule has 0 bridgehead atoms. The van der Waals surface area contributed by atoms with E-state index in [0.717, 1.165) is 28.9 Å². The third-order valence-electron chi connectivity index (χ3n) is 2.88. The van der Waals surface area contributed by atoms with Gasteiger partial charge in [-0.1, -0.05) is 12.1 Å². The van der Waals surface area contributed by atoms with E-state index in [4.69, 9.17) is 0 Å². The highest BCUT2D eigenvalue weighted by atomic mass is 16.1. The van der Waals surface area contributed by atoms with Crippen molar-refractivity contribution >= 4 is 6.29 Å². The Morgan fingerprint density at radius 3 is 2.56 bits per heavy atom. The summed E-state index contributed by atoms with van der Waals surface area (Å²) in [6, 6.07) is 5.66. The quantitative estimate of drug-likeness (QED) is 0.720. The Morgan fingerprint density at radius 2 is 2.00 bits per heavy atom. The number of nitrogens with zero attached hydrogens (tertiary/aromatic N) is 2. The molecule has 0 N–H and O–H groups in total. The second-order valence-electron chi connectivity index (χ2n) is 3.95. The minimum absolute atomic E-state index is 0.686.